The van der Waals surface area contributed by atoms with Crippen LogP contribution in [-0.4, -0.2) is 65.9 Å². The summed E-state index contributed by atoms with van der Waals surface area (Å²) in [6.45, 7) is 11.2. The highest BCUT2D eigenvalue weighted by Crippen LogP contribution is 2.26. The summed E-state index contributed by atoms with van der Waals surface area (Å²) in [6, 6.07) is 11.1. The maximum atomic E-state index is 9.08. The maximum absolute atomic E-state index is 9.08. The Morgan fingerprint density at radius 2 is 1.80 bits per heavy atom. The lowest BCUT2D eigenvalue weighted by Crippen LogP contribution is -2.62. The number of hydrogen-bond donors (Lipinski definition) is 1. The SMILES string of the molecule is CC(C)(CN1CC(N2CCC(CCO)CC2)C1)OCc1ccccc1. The molecule has 0 atom stereocenters. The zero-order chi connectivity index (χ0) is 17.7. The summed E-state index contributed by atoms with van der Waals surface area (Å²) in [7, 11) is 0. The molecule has 25 heavy (non-hydrogen) atoms. The third kappa shape index (κ3) is 5.52. The van der Waals surface area contributed by atoms with Crippen molar-refractivity contribution >= 4 is 0 Å². The Balaban J connectivity index is 1.35. The van der Waals surface area contributed by atoms with E-state index in [0.717, 1.165) is 24.9 Å². The second kappa shape index (κ2) is 8.63. The molecule has 1 aromatic rings. The summed E-state index contributed by atoms with van der Waals surface area (Å²) < 4.78 is 6.16. The lowest BCUT2D eigenvalue weighted by molar-refractivity contribution is -0.0793. The van der Waals surface area contributed by atoms with E-state index >= 15 is 0 Å². The van der Waals surface area contributed by atoms with Crippen LogP contribution in [0.3, 0.4) is 0 Å². The number of aliphatic hydroxyl groups excluding tert-OH is 1. The number of rotatable bonds is 8. The molecule has 2 heterocycles. The summed E-state index contributed by atoms with van der Waals surface area (Å²) >= 11 is 0. The predicted octanol–water partition coefficient (Wildman–Crippen LogP) is 2.76. The minimum Gasteiger partial charge on any atom is -0.396 e. The van der Waals surface area contributed by atoms with Crippen molar-refractivity contribution < 1.29 is 9.84 Å². The monoisotopic (exact) mass is 346 g/mol. The van der Waals surface area contributed by atoms with Gasteiger partial charge in [0, 0.05) is 32.3 Å². The average Bonchev–Trinajstić information content (AvgIpc) is 2.58. The number of aliphatic hydroxyl groups is 1. The Labute approximate surface area is 152 Å². The first-order valence-corrected chi connectivity index (χ1v) is 9.81. The predicted molar refractivity (Wildman–Crippen MR) is 102 cm³/mol. The molecule has 4 nitrogen and oxygen atoms in total. The fourth-order valence-corrected chi connectivity index (χ4v) is 4.13. The lowest BCUT2D eigenvalue weighted by Gasteiger charge is -2.49. The summed E-state index contributed by atoms with van der Waals surface area (Å²) in [5, 5.41) is 9.08. The van der Waals surface area contributed by atoms with Gasteiger partial charge in [-0.25, -0.2) is 0 Å². The number of likely N-dealkylation sites (tertiary alicyclic amines) is 2. The van der Waals surface area contributed by atoms with E-state index in [1.807, 2.05) is 6.07 Å². The van der Waals surface area contributed by atoms with E-state index in [4.69, 9.17) is 9.84 Å². The molecule has 1 aromatic carbocycles. The first kappa shape index (κ1) is 18.8. The van der Waals surface area contributed by atoms with Gasteiger partial charge >= 0.3 is 0 Å². The molecule has 2 saturated heterocycles. The van der Waals surface area contributed by atoms with E-state index in [-0.39, 0.29) is 5.60 Å². The molecule has 0 aliphatic carbocycles. The molecule has 0 amide bonds. The van der Waals surface area contributed by atoms with Crippen LogP contribution >= 0.6 is 0 Å². The zero-order valence-corrected chi connectivity index (χ0v) is 15.9. The number of ether oxygens (including phenoxy) is 1. The van der Waals surface area contributed by atoms with Crippen LogP contribution in [0.4, 0.5) is 0 Å². The Kier molecular flexibility index (Phi) is 6.50. The molecule has 0 saturated carbocycles. The fourth-order valence-electron chi connectivity index (χ4n) is 4.13. The lowest BCUT2D eigenvalue weighted by atomic mass is 9.91. The Bertz CT molecular complexity index is 506. The van der Waals surface area contributed by atoms with Crippen molar-refractivity contribution in [3.05, 3.63) is 35.9 Å². The van der Waals surface area contributed by atoms with Crippen molar-refractivity contribution in [2.75, 3.05) is 39.3 Å². The molecule has 2 fully saturated rings. The van der Waals surface area contributed by atoms with E-state index < -0.39 is 0 Å². The quantitative estimate of drug-likeness (QED) is 0.785. The third-order valence-corrected chi connectivity index (χ3v) is 5.72. The molecule has 1 N–H and O–H groups in total. The summed E-state index contributed by atoms with van der Waals surface area (Å²) in [6.07, 6.45) is 3.49. The highest BCUT2D eigenvalue weighted by molar-refractivity contribution is 5.13. The van der Waals surface area contributed by atoms with Gasteiger partial charge in [0.2, 0.25) is 0 Å². The molecule has 3 rings (SSSR count). The minimum atomic E-state index is -0.116. The van der Waals surface area contributed by atoms with Gasteiger partial charge in [0.05, 0.1) is 12.2 Å². The van der Waals surface area contributed by atoms with Crippen LogP contribution in [0.1, 0.15) is 38.7 Å². The topological polar surface area (TPSA) is 35.9 Å². The number of nitrogens with zero attached hydrogens (tertiary/aromatic N) is 2. The van der Waals surface area contributed by atoms with Gasteiger partial charge in [0.1, 0.15) is 0 Å². The molecular weight excluding hydrogens is 312 g/mol. The van der Waals surface area contributed by atoms with Gasteiger partial charge in [0.25, 0.3) is 0 Å². The van der Waals surface area contributed by atoms with Gasteiger partial charge in [0.15, 0.2) is 0 Å². The molecule has 0 radical (unpaired) electrons. The summed E-state index contributed by atoms with van der Waals surface area (Å²) in [4.78, 5) is 5.18. The maximum Gasteiger partial charge on any atom is 0.0757 e. The first-order valence-electron chi connectivity index (χ1n) is 9.81. The molecular formula is C21H34N2O2. The Morgan fingerprint density at radius 1 is 1.12 bits per heavy atom. The van der Waals surface area contributed by atoms with Gasteiger partial charge in [-0.3, -0.25) is 9.80 Å². The van der Waals surface area contributed by atoms with Gasteiger partial charge < -0.3 is 9.84 Å². The highest BCUT2D eigenvalue weighted by atomic mass is 16.5. The molecule has 2 aliphatic rings. The van der Waals surface area contributed by atoms with Crippen LogP contribution in [0.15, 0.2) is 30.3 Å². The number of hydrogen-bond acceptors (Lipinski definition) is 4. The molecule has 140 valence electrons. The standard InChI is InChI=1S/C21H34N2O2/c1-21(2,25-16-19-6-4-3-5-7-19)17-22-14-20(15-22)23-11-8-18(9-12-23)10-13-24/h3-7,18,20,24H,8-17H2,1-2H3. The van der Waals surface area contributed by atoms with Gasteiger partial charge in [-0.2, -0.15) is 0 Å². The molecule has 0 aromatic heterocycles. The van der Waals surface area contributed by atoms with E-state index in [0.29, 0.717) is 13.2 Å². The van der Waals surface area contributed by atoms with Crippen molar-refractivity contribution in [3.63, 3.8) is 0 Å². The van der Waals surface area contributed by atoms with Crippen LogP contribution < -0.4 is 0 Å². The molecule has 0 unspecified atom stereocenters. The minimum absolute atomic E-state index is 0.116. The van der Waals surface area contributed by atoms with E-state index in [1.54, 1.807) is 0 Å². The van der Waals surface area contributed by atoms with Crippen LogP contribution in [0.25, 0.3) is 0 Å². The van der Waals surface area contributed by atoms with Crippen molar-refractivity contribution in [1.29, 1.82) is 0 Å². The van der Waals surface area contributed by atoms with Crippen molar-refractivity contribution in [2.45, 2.75) is 51.4 Å². The van der Waals surface area contributed by atoms with Gasteiger partial charge in [-0.1, -0.05) is 30.3 Å². The summed E-state index contributed by atoms with van der Waals surface area (Å²) in [5.74, 6) is 0.739. The summed E-state index contributed by atoms with van der Waals surface area (Å²) in [5.41, 5.74) is 1.12. The van der Waals surface area contributed by atoms with Gasteiger partial charge in [-0.05, 0) is 57.7 Å². The van der Waals surface area contributed by atoms with Crippen LogP contribution in [0.2, 0.25) is 0 Å². The Hall–Kier alpha value is -0.940. The van der Waals surface area contributed by atoms with E-state index in [9.17, 15) is 0 Å². The zero-order valence-electron chi connectivity index (χ0n) is 15.9. The van der Waals surface area contributed by atoms with Crippen molar-refractivity contribution in [1.82, 2.24) is 9.80 Å². The second-order valence-corrected chi connectivity index (χ2v) is 8.37. The average molecular weight is 347 g/mol. The largest absolute Gasteiger partial charge is 0.396 e. The van der Waals surface area contributed by atoms with Crippen LogP contribution in [0.5, 0.6) is 0 Å². The highest BCUT2D eigenvalue weighted by Gasteiger charge is 2.36. The van der Waals surface area contributed by atoms with Gasteiger partial charge in [-0.15, -0.1) is 0 Å². The van der Waals surface area contributed by atoms with Crippen LogP contribution in [-0.2, 0) is 11.3 Å². The molecule has 2 aliphatic heterocycles. The first-order chi connectivity index (χ1) is 12.1. The van der Waals surface area contributed by atoms with E-state index in [2.05, 4.69) is 47.9 Å². The van der Waals surface area contributed by atoms with E-state index in [1.165, 1.54) is 44.6 Å². The van der Waals surface area contributed by atoms with Crippen LogP contribution in [0, 0.1) is 5.92 Å². The molecule has 0 bridgehead atoms. The molecule has 4 heteroatoms. The normalized spacial score (nSPS) is 21.4. The third-order valence-electron chi connectivity index (χ3n) is 5.72. The Morgan fingerprint density at radius 3 is 2.44 bits per heavy atom. The van der Waals surface area contributed by atoms with Crippen molar-refractivity contribution in [3.8, 4) is 0 Å². The number of benzene rings is 1. The van der Waals surface area contributed by atoms with Crippen molar-refractivity contribution in [2.24, 2.45) is 5.92 Å². The molecule has 0 spiro atoms. The number of piperidine rings is 1. The smallest absolute Gasteiger partial charge is 0.0757 e. The fraction of sp³-hybridized carbons (Fsp3) is 0.714. The second-order valence-electron chi connectivity index (χ2n) is 8.37.